The summed E-state index contributed by atoms with van der Waals surface area (Å²) in [6, 6.07) is 2.22. The summed E-state index contributed by atoms with van der Waals surface area (Å²) in [6.07, 6.45) is 13.4. The van der Waals surface area contributed by atoms with Crippen LogP contribution in [0.25, 0.3) is 0 Å². The van der Waals surface area contributed by atoms with E-state index in [1.807, 2.05) is 38.1 Å². The molecule has 1 saturated carbocycles. The molecular weight excluding hydrogens is 354 g/mol. The summed E-state index contributed by atoms with van der Waals surface area (Å²) >= 11 is 3.40. The maximum atomic E-state index is 12.6. The van der Waals surface area contributed by atoms with Gasteiger partial charge in [0.05, 0.1) is 5.56 Å². The minimum absolute atomic E-state index is 0.150. The molecule has 0 spiro atoms. The smallest absolute Gasteiger partial charge is 0.259 e. The average Bonchev–Trinajstić information content (AvgIpc) is 2.57. The van der Waals surface area contributed by atoms with Gasteiger partial charge in [-0.3, -0.25) is 4.79 Å². The summed E-state index contributed by atoms with van der Waals surface area (Å²) in [6.45, 7) is 3.82. The number of nitrogens with zero attached hydrogens (tertiary/aromatic N) is 1. The van der Waals surface area contributed by atoms with Gasteiger partial charge in [-0.05, 0) is 54.8 Å². The lowest BCUT2D eigenvalue weighted by Crippen LogP contribution is -2.27. The van der Waals surface area contributed by atoms with Gasteiger partial charge in [0.15, 0.2) is 0 Å². The maximum Gasteiger partial charge on any atom is 0.259 e. The first-order valence-corrected chi connectivity index (χ1v) is 8.95. The third kappa shape index (κ3) is 5.20. The summed E-state index contributed by atoms with van der Waals surface area (Å²) in [4.78, 5) is 17.0. The second kappa shape index (κ2) is 8.87. The molecule has 124 valence electrons. The number of carbonyl (C=O) groups is 1. The molecular formula is C18H24BrN3O. The number of allylic oxidation sites excluding steroid dienone is 3. The van der Waals surface area contributed by atoms with E-state index in [4.69, 9.17) is 0 Å². The van der Waals surface area contributed by atoms with Crippen molar-refractivity contribution in [3.05, 3.63) is 46.2 Å². The van der Waals surface area contributed by atoms with E-state index in [-0.39, 0.29) is 5.91 Å². The first-order chi connectivity index (χ1) is 11.1. The Labute approximate surface area is 146 Å². The van der Waals surface area contributed by atoms with Crippen molar-refractivity contribution in [3.8, 4) is 0 Å². The molecule has 4 nitrogen and oxygen atoms in total. The standard InChI is InChI=1S/C18H24BrN3O/c1-3-8-14(4-2)22-18(23)16-11-13(19)12-20-17(16)21-15-9-6-5-7-10-15/h3-4,8,11-12,15H,5-7,9-10H2,1-2H3,(H,20,21)(H,22,23)/b8-3-,14-4+. The fourth-order valence-corrected chi connectivity index (χ4v) is 3.09. The minimum atomic E-state index is -0.150. The van der Waals surface area contributed by atoms with Gasteiger partial charge in [-0.25, -0.2) is 4.98 Å². The Morgan fingerprint density at radius 2 is 2.04 bits per heavy atom. The van der Waals surface area contributed by atoms with E-state index >= 15 is 0 Å². The normalized spacial score (nSPS) is 16.6. The number of pyridine rings is 1. The zero-order valence-electron chi connectivity index (χ0n) is 13.7. The molecule has 5 heteroatoms. The number of rotatable bonds is 5. The molecule has 0 saturated heterocycles. The lowest BCUT2D eigenvalue weighted by molar-refractivity contribution is 0.0967. The second-order valence-corrected chi connectivity index (χ2v) is 6.64. The van der Waals surface area contributed by atoms with Crippen LogP contribution in [0.4, 0.5) is 5.82 Å². The quantitative estimate of drug-likeness (QED) is 0.724. The predicted octanol–water partition coefficient (Wildman–Crippen LogP) is 4.80. The molecule has 1 aliphatic carbocycles. The fraction of sp³-hybridized carbons (Fsp3) is 0.444. The number of hydrogen-bond acceptors (Lipinski definition) is 3. The highest BCUT2D eigenvalue weighted by atomic mass is 79.9. The Bertz CT molecular complexity index is 604. The molecule has 23 heavy (non-hydrogen) atoms. The molecule has 0 radical (unpaired) electrons. The topological polar surface area (TPSA) is 54.0 Å². The SMILES string of the molecule is C/C=C\C(=C/C)NC(=O)c1cc(Br)cnc1NC1CCCCC1. The van der Waals surface area contributed by atoms with Crippen LogP contribution in [0.2, 0.25) is 0 Å². The largest absolute Gasteiger partial charge is 0.367 e. The second-order valence-electron chi connectivity index (χ2n) is 5.73. The third-order valence-corrected chi connectivity index (χ3v) is 4.39. The molecule has 2 N–H and O–H groups in total. The number of nitrogens with one attached hydrogen (secondary N) is 2. The first-order valence-electron chi connectivity index (χ1n) is 8.16. The van der Waals surface area contributed by atoms with Crippen molar-refractivity contribution in [3.63, 3.8) is 0 Å². The van der Waals surface area contributed by atoms with Gasteiger partial charge in [0.25, 0.3) is 5.91 Å². The molecule has 1 heterocycles. The number of aromatic nitrogens is 1. The Balaban J connectivity index is 2.18. The average molecular weight is 378 g/mol. The molecule has 2 rings (SSSR count). The zero-order chi connectivity index (χ0) is 16.7. The van der Waals surface area contributed by atoms with Crippen LogP contribution in [-0.4, -0.2) is 16.9 Å². The van der Waals surface area contributed by atoms with Gasteiger partial charge in [-0.1, -0.05) is 31.4 Å². The van der Waals surface area contributed by atoms with Crippen LogP contribution in [0.3, 0.4) is 0 Å². The number of carbonyl (C=O) groups excluding carboxylic acids is 1. The Kier molecular flexibility index (Phi) is 6.84. The lowest BCUT2D eigenvalue weighted by atomic mass is 9.95. The van der Waals surface area contributed by atoms with E-state index in [0.717, 1.165) is 23.0 Å². The van der Waals surface area contributed by atoms with Crippen LogP contribution < -0.4 is 10.6 Å². The Hall–Kier alpha value is -1.62. The van der Waals surface area contributed by atoms with Crippen molar-refractivity contribution in [2.24, 2.45) is 0 Å². The molecule has 0 aromatic carbocycles. The fourth-order valence-electron chi connectivity index (χ4n) is 2.76. The van der Waals surface area contributed by atoms with E-state index in [2.05, 4.69) is 31.5 Å². The summed E-state index contributed by atoms with van der Waals surface area (Å²) in [5.41, 5.74) is 1.34. The lowest BCUT2D eigenvalue weighted by Gasteiger charge is -2.24. The Morgan fingerprint density at radius 1 is 1.30 bits per heavy atom. The molecule has 0 unspecified atom stereocenters. The monoisotopic (exact) mass is 377 g/mol. The van der Waals surface area contributed by atoms with Crippen LogP contribution in [0, 0.1) is 0 Å². The van der Waals surface area contributed by atoms with Crippen molar-refractivity contribution in [1.82, 2.24) is 10.3 Å². The highest BCUT2D eigenvalue weighted by Crippen LogP contribution is 2.24. The van der Waals surface area contributed by atoms with E-state index in [1.54, 1.807) is 6.20 Å². The van der Waals surface area contributed by atoms with E-state index in [9.17, 15) is 4.79 Å². The van der Waals surface area contributed by atoms with Gasteiger partial charge in [-0.2, -0.15) is 0 Å². The Morgan fingerprint density at radius 3 is 2.70 bits per heavy atom. The van der Waals surface area contributed by atoms with Crippen LogP contribution in [0.1, 0.15) is 56.3 Å². The van der Waals surface area contributed by atoms with Gasteiger partial charge in [0.1, 0.15) is 5.82 Å². The highest BCUT2D eigenvalue weighted by molar-refractivity contribution is 9.10. The van der Waals surface area contributed by atoms with Crippen LogP contribution in [0.15, 0.2) is 40.7 Å². The van der Waals surface area contributed by atoms with Crippen LogP contribution >= 0.6 is 15.9 Å². The summed E-state index contributed by atoms with van der Waals surface area (Å²) in [5.74, 6) is 0.511. The summed E-state index contributed by atoms with van der Waals surface area (Å²) < 4.78 is 0.796. The van der Waals surface area contributed by atoms with Gasteiger partial charge in [0, 0.05) is 22.4 Å². The van der Waals surface area contributed by atoms with E-state index in [1.165, 1.54) is 19.3 Å². The molecule has 1 amide bonds. The van der Waals surface area contributed by atoms with Gasteiger partial charge in [0.2, 0.25) is 0 Å². The third-order valence-electron chi connectivity index (χ3n) is 3.96. The van der Waals surface area contributed by atoms with E-state index in [0.29, 0.717) is 17.4 Å². The molecule has 1 aliphatic rings. The molecule has 0 bridgehead atoms. The first kappa shape index (κ1) is 17.7. The molecule has 0 atom stereocenters. The minimum Gasteiger partial charge on any atom is -0.367 e. The van der Waals surface area contributed by atoms with Crippen molar-refractivity contribution in [2.45, 2.75) is 52.0 Å². The number of hydrogen-bond donors (Lipinski definition) is 2. The van der Waals surface area contributed by atoms with Gasteiger partial charge >= 0.3 is 0 Å². The van der Waals surface area contributed by atoms with Gasteiger partial charge < -0.3 is 10.6 Å². The predicted molar refractivity (Wildman–Crippen MR) is 98.5 cm³/mol. The molecule has 1 aromatic heterocycles. The molecule has 1 fully saturated rings. The summed E-state index contributed by atoms with van der Waals surface area (Å²) in [7, 11) is 0. The van der Waals surface area contributed by atoms with Crippen LogP contribution in [-0.2, 0) is 0 Å². The molecule has 1 aromatic rings. The van der Waals surface area contributed by atoms with Crippen molar-refractivity contribution in [2.75, 3.05) is 5.32 Å². The molecule has 0 aliphatic heterocycles. The zero-order valence-corrected chi connectivity index (χ0v) is 15.3. The van der Waals surface area contributed by atoms with Crippen LogP contribution in [0.5, 0.6) is 0 Å². The number of halogens is 1. The summed E-state index contributed by atoms with van der Waals surface area (Å²) in [5, 5.41) is 6.37. The maximum absolute atomic E-state index is 12.6. The van der Waals surface area contributed by atoms with Crippen molar-refractivity contribution < 1.29 is 4.79 Å². The van der Waals surface area contributed by atoms with Gasteiger partial charge in [-0.15, -0.1) is 0 Å². The number of amides is 1. The highest BCUT2D eigenvalue weighted by Gasteiger charge is 2.19. The van der Waals surface area contributed by atoms with Crippen molar-refractivity contribution >= 4 is 27.7 Å². The van der Waals surface area contributed by atoms with Crippen molar-refractivity contribution in [1.29, 1.82) is 0 Å². The number of anilines is 1. The van der Waals surface area contributed by atoms with E-state index < -0.39 is 0 Å².